The summed E-state index contributed by atoms with van der Waals surface area (Å²) in [6.45, 7) is 3.77. The third-order valence-electron chi connectivity index (χ3n) is 3.46. The van der Waals surface area contributed by atoms with Crippen LogP contribution in [0.2, 0.25) is 0 Å². The average molecular weight is 285 g/mol. The van der Waals surface area contributed by atoms with Crippen LogP contribution in [0, 0.1) is 5.82 Å². The Kier molecular flexibility index (Phi) is 5.67. The highest BCUT2D eigenvalue weighted by Crippen LogP contribution is 2.23. The third kappa shape index (κ3) is 4.25. The number of nitrogens with one attached hydrogen (secondary N) is 1. The fourth-order valence-electron chi connectivity index (χ4n) is 2.34. The number of halogens is 1. The van der Waals surface area contributed by atoms with Crippen molar-refractivity contribution in [3.63, 3.8) is 0 Å². The van der Waals surface area contributed by atoms with Crippen LogP contribution >= 0.6 is 0 Å². The Morgan fingerprint density at radius 2 is 1.62 bits per heavy atom. The second-order valence-corrected chi connectivity index (χ2v) is 4.94. The monoisotopic (exact) mass is 285 g/mol. The van der Waals surface area contributed by atoms with Crippen LogP contribution in [0.3, 0.4) is 0 Å². The van der Waals surface area contributed by atoms with Gasteiger partial charge in [-0.05, 0) is 29.7 Å². The number of hydrogen-bond acceptors (Lipinski definition) is 2. The van der Waals surface area contributed by atoms with Gasteiger partial charge >= 0.3 is 0 Å². The van der Waals surface area contributed by atoms with Crippen molar-refractivity contribution >= 4 is 0 Å². The van der Waals surface area contributed by atoms with Crippen molar-refractivity contribution < 1.29 is 9.50 Å². The van der Waals surface area contributed by atoms with Gasteiger partial charge in [-0.15, -0.1) is 6.58 Å². The maximum atomic E-state index is 13.0. The molecule has 0 aliphatic rings. The number of benzene rings is 2. The third-order valence-corrected chi connectivity index (χ3v) is 3.46. The van der Waals surface area contributed by atoms with Crippen LogP contribution in [0.1, 0.15) is 29.6 Å². The van der Waals surface area contributed by atoms with E-state index in [-0.39, 0.29) is 24.5 Å². The molecule has 2 N–H and O–H groups in total. The molecule has 0 bridgehead atoms. The maximum absolute atomic E-state index is 13.0. The van der Waals surface area contributed by atoms with Crippen molar-refractivity contribution in [2.24, 2.45) is 0 Å². The van der Waals surface area contributed by atoms with E-state index < -0.39 is 0 Å². The van der Waals surface area contributed by atoms with E-state index >= 15 is 0 Å². The van der Waals surface area contributed by atoms with Crippen molar-refractivity contribution in [1.29, 1.82) is 0 Å². The van der Waals surface area contributed by atoms with Gasteiger partial charge in [0.1, 0.15) is 5.82 Å². The Labute approximate surface area is 124 Å². The van der Waals surface area contributed by atoms with E-state index in [1.807, 2.05) is 36.4 Å². The Bertz CT molecular complexity index is 553. The summed E-state index contributed by atoms with van der Waals surface area (Å²) >= 11 is 0. The molecule has 0 fully saturated rings. The highest BCUT2D eigenvalue weighted by atomic mass is 19.1. The van der Waals surface area contributed by atoms with Crippen molar-refractivity contribution in [3.05, 3.63) is 84.2 Å². The lowest BCUT2D eigenvalue weighted by atomic mass is 10.00. The molecule has 2 atom stereocenters. The van der Waals surface area contributed by atoms with Crippen LogP contribution in [0.25, 0.3) is 0 Å². The minimum atomic E-state index is -0.252. The first kappa shape index (κ1) is 15.4. The summed E-state index contributed by atoms with van der Waals surface area (Å²) < 4.78 is 13.0. The van der Waals surface area contributed by atoms with Crippen molar-refractivity contribution in [2.75, 3.05) is 6.61 Å². The second kappa shape index (κ2) is 7.72. The predicted octanol–water partition coefficient (Wildman–Crippen LogP) is 3.77. The van der Waals surface area contributed by atoms with Gasteiger partial charge < -0.3 is 10.4 Å². The van der Waals surface area contributed by atoms with Crippen molar-refractivity contribution in [1.82, 2.24) is 5.32 Å². The molecular weight excluding hydrogens is 265 g/mol. The van der Waals surface area contributed by atoms with Crippen LogP contribution < -0.4 is 5.32 Å². The normalized spacial score (nSPS) is 13.6. The fraction of sp³-hybridized carbons (Fsp3) is 0.222. The second-order valence-electron chi connectivity index (χ2n) is 4.94. The van der Waals surface area contributed by atoms with Gasteiger partial charge in [-0.25, -0.2) is 4.39 Å². The molecule has 2 aromatic rings. The van der Waals surface area contributed by atoms with Crippen LogP contribution in [0.15, 0.2) is 67.3 Å². The summed E-state index contributed by atoms with van der Waals surface area (Å²) in [6, 6.07) is 16.0. The molecule has 3 heteroatoms. The Hall–Kier alpha value is -1.97. The van der Waals surface area contributed by atoms with Crippen LogP contribution in [0.5, 0.6) is 0 Å². The fourth-order valence-corrected chi connectivity index (χ4v) is 2.34. The molecule has 0 aromatic heterocycles. The van der Waals surface area contributed by atoms with Gasteiger partial charge in [0.05, 0.1) is 12.6 Å². The van der Waals surface area contributed by atoms with Gasteiger partial charge in [-0.2, -0.15) is 0 Å². The molecule has 0 radical (unpaired) electrons. The van der Waals surface area contributed by atoms with E-state index in [1.54, 1.807) is 12.1 Å². The van der Waals surface area contributed by atoms with Crippen LogP contribution in [-0.4, -0.2) is 11.7 Å². The molecule has 0 heterocycles. The largest absolute Gasteiger partial charge is 0.394 e. The number of aliphatic hydroxyl groups excluding tert-OH is 1. The Balaban J connectivity index is 2.18. The summed E-state index contributed by atoms with van der Waals surface area (Å²) in [4.78, 5) is 0. The zero-order valence-corrected chi connectivity index (χ0v) is 11.9. The predicted molar refractivity (Wildman–Crippen MR) is 83.4 cm³/mol. The first-order valence-electron chi connectivity index (χ1n) is 7.02. The average Bonchev–Trinajstić information content (AvgIpc) is 2.53. The van der Waals surface area contributed by atoms with Gasteiger partial charge in [0.2, 0.25) is 0 Å². The zero-order chi connectivity index (χ0) is 15.1. The molecule has 0 saturated heterocycles. The Morgan fingerprint density at radius 1 is 1.00 bits per heavy atom. The van der Waals surface area contributed by atoms with Gasteiger partial charge in [0.15, 0.2) is 0 Å². The smallest absolute Gasteiger partial charge is 0.123 e. The zero-order valence-electron chi connectivity index (χ0n) is 11.9. The van der Waals surface area contributed by atoms with E-state index in [4.69, 9.17) is 0 Å². The molecule has 2 rings (SSSR count). The van der Waals surface area contributed by atoms with E-state index in [2.05, 4.69) is 11.9 Å². The van der Waals surface area contributed by atoms with E-state index in [0.29, 0.717) is 6.42 Å². The molecule has 0 aliphatic heterocycles. The molecule has 0 spiro atoms. The van der Waals surface area contributed by atoms with E-state index in [0.717, 1.165) is 11.1 Å². The lowest BCUT2D eigenvalue weighted by Crippen LogP contribution is -2.28. The van der Waals surface area contributed by atoms with Gasteiger partial charge in [0.25, 0.3) is 0 Å². The molecule has 21 heavy (non-hydrogen) atoms. The maximum Gasteiger partial charge on any atom is 0.123 e. The first-order chi connectivity index (χ1) is 10.2. The lowest BCUT2D eigenvalue weighted by molar-refractivity contribution is 0.233. The number of aliphatic hydroxyl groups is 1. The standard InChI is InChI=1S/C18H20FNO/c1-2-6-17(15-9-11-16(19)12-10-15)20-18(13-21)14-7-4-3-5-8-14/h2-5,7-12,17-18,20-21H,1,6,13H2/t17-,18+/m1/s1. The summed E-state index contributed by atoms with van der Waals surface area (Å²) in [5, 5.41) is 13.1. The van der Waals surface area contributed by atoms with Gasteiger partial charge in [0, 0.05) is 6.04 Å². The SMILES string of the molecule is C=CC[C@@H](N[C@@H](CO)c1ccccc1)c1ccc(F)cc1. The summed E-state index contributed by atoms with van der Waals surface area (Å²) in [7, 11) is 0. The molecule has 0 unspecified atom stereocenters. The molecule has 0 aliphatic carbocycles. The quantitative estimate of drug-likeness (QED) is 0.759. The summed E-state index contributed by atoms with van der Waals surface area (Å²) in [5.74, 6) is -0.252. The molecular formula is C18H20FNO. The van der Waals surface area contributed by atoms with E-state index in [1.165, 1.54) is 12.1 Å². The Morgan fingerprint density at radius 3 is 2.19 bits per heavy atom. The molecule has 0 saturated carbocycles. The summed E-state index contributed by atoms with van der Waals surface area (Å²) in [6.07, 6.45) is 2.52. The van der Waals surface area contributed by atoms with Crippen LogP contribution in [0.4, 0.5) is 4.39 Å². The highest BCUT2D eigenvalue weighted by molar-refractivity contribution is 5.23. The van der Waals surface area contributed by atoms with Crippen molar-refractivity contribution in [2.45, 2.75) is 18.5 Å². The first-order valence-corrected chi connectivity index (χ1v) is 7.02. The minimum Gasteiger partial charge on any atom is -0.394 e. The molecule has 2 nitrogen and oxygen atoms in total. The minimum absolute atomic E-state index is 0.00114. The van der Waals surface area contributed by atoms with E-state index in [9.17, 15) is 9.50 Å². The molecule has 0 amide bonds. The molecule has 110 valence electrons. The summed E-state index contributed by atoms with van der Waals surface area (Å²) in [5.41, 5.74) is 2.00. The highest BCUT2D eigenvalue weighted by Gasteiger charge is 2.17. The topological polar surface area (TPSA) is 32.3 Å². The van der Waals surface area contributed by atoms with Gasteiger partial charge in [-0.1, -0.05) is 48.5 Å². The number of rotatable bonds is 7. The van der Waals surface area contributed by atoms with Gasteiger partial charge in [-0.3, -0.25) is 0 Å². The lowest BCUT2D eigenvalue weighted by Gasteiger charge is -2.24. The molecule has 2 aromatic carbocycles. The number of hydrogen-bond donors (Lipinski definition) is 2. The van der Waals surface area contributed by atoms with Crippen molar-refractivity contribution in [3.8, 4) is 0 Å². The van der Waals surface area contributed by atoms with Crippen LogP contribution in [-0.2, 0) is 0 Å².